The Kier molecular flexibility index (Phi) is 5.46. The third kappa shape index (κ3) is 4.44. The van der Waals surface area contributed by atoms with E-state index in [1.807, 2.05) is 43.9 Å². The molecule has 1 unspecified atom stereocenters. The van der Waals surface area contributed by atoms with Crippen molar-refractivity contribution in [1.29, 1.82) is 0 Å². The maximum Gasteiger partial charge on any atom is 0.281 e. The fourth-order valence-corrected chi connectivity index (χ4v) is 3.81. The Labute approximate surface area is 158 Å². The first-order valence-corrected chi connectivity index (χ1v) is 9.32. The summed E-state index contributed by atoms with van der Waals surface area (Å²) in [6.45, 7) is 8.23. The SMILES string of the molecule is CCc1cccc(C(=O)N2CCN(CC3COC(C)(C)C3)C2=N[N+](=O)[O-])c1. The zero-order chi connectivity index (χ0) is 19.6. The molecule has 27 heavy (non-hydrogen) atoms. The highest BCUT2D eigenvalue weighted by atomic mass is 16.7. The van der Waals surface area contributed by atoms with Gasteiger partial charge in [-0.25, -0.2) is 10.1 Å². The van der Waals surface area contributed by atoms with Gasteiger partial charge in [0.25, 0.3) is 11.9 Å². The van der Waals surface area contributed by atoms with Crippen LogP contribution in [0.1, 0.15) is 43.1 Å². The van der Waals surface area contributed by atoms with Crippen LogP contribution >= 0.6 is 0 Å². The fraction of sp³-hybridized carbons (Fsp3) is 0.579. The second-order valence-electron chi connectivity index (χ2n) is 7.74. The van der Waals surface area contributed by atoms with Crippen molar-refractivity contribution in [3.8, 4) is 0 Å². The van der Waals surface area contributed by atoms with Gasteiger partial charge in [-0.3, -0.25) is 9.69 Å². The molecule has 2 fully saturated rings. The smallest absolute Gasteiger partial charge is 0.281 e. The number of hydrogen-bond acceptors (Lipinski definition) is 4. The van der Waals surface area contributed by atoms with Crippen LogP contribution in [0.25, 0.3) is 0 Å². The second-order valence-corrected chi connectivity index (χ2v) is 7.74. The summed E-state index contributed by atoms with van der Waals surface area (Å²) in [6.07, 6.45) is 1.70. The summed E-state index contributed by atoms with van der Waals surface area (Å²) in [5.41, 5.74) is 1.40. The van der Waals surface area contributed by atoms with Crippen molar-refractivity contribution in [3.63, 3.8) is 0 Å². The number of carbonyl (C=O) groups is 1. The summed E-state index contributed by atoms with van der Waals surface area (Å²) < 4.78 is 5.77. The van der Waals surface area contributed by atoms with Gasteiger partial charge in [0.05, 0.1) is 12.2 Å². The quantitative estimate of drug-likeness (QED) is 0.583. The summed E-state index contributed by atoms with van der Waals surface area (Å²) in [5.74, 6) is 0.128. The van der Waals surface area contributed by atoms with Crippen LogP contribution in [-0.4, -0.2) is 58.5 Å². The Morgan fingerprint density at radius 3 is 2.81 bits per heavy atom. The topological polar surface area (TPSA) is 88.3 Å². The van der Waals surface area contributed by atoms with E-state index in [1.54, 1.807) is 6.07 Å². The molecule has 146 valence electrons. The molecular weight excluding hydrogens is 348 g/mol. The predicted molar refractivity (Wildman–Crippen MR) is 101 cm³/mol. The van der Waals surface area contributed by atoms with E-state index >= 15 is 0 Å². The minimum atomic E-state index is -0.731. The molecule has 1 atom stereocenters. The average Bonchev–Trinajstić information content (AvgIpc) is 3.17. The van der Waals surface area contributed by atoms with Gasteiger partial charge in [-0.2, -0.15) is 0 Å². The van der Waals surface area contributed by atoms with Gasteiger partial charge in [-0.15, -0.1) is 0 Å². The van der Waals surface area contributed by atoms with Crippen LogP contribution in [-0.2, 0) is 11.2 Å². The minimum absolute atomic E-state index is 0.122. The Morgan fingerprint density at radius 2 is 2.19 bits per heavy atom. The molecule has 0 radical (unpaired) electrons. The van der Waals surface area contributed by atoms with Crippen molar-refractivity contribution < 1.29 is 14.6 Å². The molecule has 1 amide bonds. The van der Waals surface area contributed by atoms with E-state index in [2.05, 4.69) is 5.10 Å². The van der Waals surface area contributed by atoms with E-state index in [1.165, 1.54) is 4.90 Å². The first-order valence-electron chi connectivity index (χ1n) is 9.32. The summed E-state index contributed by atoms with van der Waals surface area (Å²) in [7, 11) is 0. The van der Waals surface area contributed by atoms with Gasteiger partial charge >= 0.3 is 0 Å². The van der Waals surface area contributed by atoms with Gasteiger partial charge in [0, 0.05) is 31.1 Å². The molecule has 8 nitrogen and oxygen atoms in total. The largest absolute Gasteiger partial charge is 0.375 e. The Bertz CT molecular complexity index is 762. The zero-order valence-corrected chi connectivity index (χ0v) is 16.1. The number of amides is 1. The Morgan fingerprint density at radius 1 is 1.41 bits per heavy atom. The fourth-order valence-electron chi connectivity index (χ4n) is 3.81. The van der Waals surface area contributed by atoms with Crippen molar-refractivity contribution in [2.24, 2.45) is 11.0 Å². The van der Waals surface area contributed by atoms with E-state index < -0.39 is 5.03 Å². The van der Waals surface area contributed by atoms with Crippen molar-refractivity contribution in [3.05, 3.63) is 45.5 Å². The third-order valence-corrected chi connectivity index (χ3v) is 5.08. The molecule has 1 aromatic rings. The lowest BCUT2D eigenvalue weighted by atomic mass is 9.97. The van der Waals surface area contributed by atoms with Gasteiger partial charge < -0.3 is 9.64 Å². The van der Waals surface area contributed by atoms with Crippen LogP contribution < -0.4 is 0 Å². The van der Waals surface area contributed by atoms with Gasteiger partial charge in [-0.05, 0) is 44.4 Å². The Balaban J connectivity index is 1.79. The lowest BCUT2D eigenvalue weighted by Crippen LogP contribution is -2.40. The average molecular weight is 374 g/mol. The molecule has 0 N–H and O–H groups in total. The highest BCUT2D eigenvalue weighted by molar-refractivity contribution is 6.06. The van der Waals surface area contributed by atoms with E-state index in [0.29, 0.717) is 31.8 Å². The molecule has 0 aliphatic carbocycles. The summed E-state index contributed by atoms with van der Waals surface area (Å²) in [4.78, 5) is 27.3. The van der Waals surface area contributed by atoms with Gasteiger partial charge in [0.15, 0.2) is 5.03 Å². The monoisotopic (exact) mass is 374 g/mol. The van der Waals surface area contributed by atoms with Gasteiger partial charge in [0.1, 0.15) is 5.10 Å². The number of rotatable bonds is 5. The standard InChI is InChI=1S/C19H26N4O4/c1-4-14-6-5-7-16(10-14)17(24)22-9-8-21(18(22)20-23(25)26)12-15-11-19(2,3)27-13-15/h5-7,10,15H,4,8-9,11-13H2,1-3H3. The van der Waals surface area contributed by atoms with E-state index in [0.717, 1.165) is 18.4 Å². The molecule has 0 bridgehead atoms. The molecule has 0 saturated carbocycles. The van der Waals surface area contributed by atoms with Crippen LogP contribution in [0.4, 0.5) is 0 Å². The van der Waals surface area contributed by atoms with Gasteiger partial charge in [0.2, 0.25) is 0 Å². The normalized spacial score (nSPS) is 23.2. The highest BCUT2D eigenvalue weighted by Gasteiger charge is 2.39. The summed E-state index contributed by atoms with van der Waals surface area (Å²) in [5, 5.41) is 13.9. The predicted octanol–water partition coefficient (Wildman–Crippen LogP) is 2.37. The number of hydrogen-bond donors (Lipinski definition) is 0. The van der Waals surface area contributed by atoms with Crippen molar-refractivity contribution in [1.82, 2.24) is 9.80 Å². The highest BCUT2D eigenvalue weighted by Crippen LogP contribution is 2.30. The van der Waals surface area contributed by atoms with Crippen LogP contribution in [0, 0.1) is 16.0 Å². The molecule has 2 heterocycles. The van der Waals surface area contributed by atoms with E-state index in [9.17, 15) is 14.9 Å². The number of hydrazone groups is 1. The van der Waals surface area contributed by atoms with Crippen LogP contribution in [0.2, 0.25) is 0 Å². The summed E-state index contributed by atoms with van der Waals surface area (Å²) in [6, 6.07) is 7.37. The molecule has 2 aliphatic heterocycles. The number of aryl methyl sites for hydroxylation is 1. The molecular formula is C19H26N4O4. The number of guanidine groups is 1. The minimum Gasteiger partial charge on any atom is -0.375 e. The zero-order valence-electron chi connectivity index (χ0n) is 16.1. The lowest BCUT2D eigenvalue weighted by Gasteiger charge is -2.22. The maximum atomic E-state index is 13.0. The van der Waals surface area contributed by atoms with Crippen molar-refractivity contribution in [2.45, 2.75) is 39.2 Å². The molecule has 1 aromatic carbocycles. The number of nitro groups is 1. The number of carbonyl (C=O) groups excluding carboxylic acids is 1. The second kappa shape index (κ2) is 7.64. The molecule has 0 spiro atoms. The number of ether oxygens (including phenoxy) is 1. The first kappa shape index (κ1) is 19.3. The molecule has 8 heteroatoms. The van der Waals surface area contributed by atoms with E-state index in [4.69, 9.17) is 4.74 Å². The number of benzene rings is 1. The molecule has 0 aromatic heterocycles. The van der Waals surface area contributed by atoms with E-state index in [-0.39, 0.29) is 23.4 Å². The molecule has 2 aliphatic rings. The third-order valence-electron chi connectivity index (χ3n) is 5.08. The van der Waals surface area contributed by atoms with Crippen molar-refractivity contribution >= 4 is 11.9 Å². The molecule has 3 rings (SSSR count). The molecule has 2 saturated heterocycles. The first-order chi connectivity index (χ1) is 12.8. The summed E-state index contributed by atoms with van der Waals surface area (Å²) >= 11 is 0. The lowest BCUT2D eigenvalue weighted by molar-refractivity contribution is -0.486. The van der Waals surface area contributed by atoms with Crippen LogP contribution in [0.5, 0.6) is 0 Å². The number of nitrogens with zero attached hydrogens (tertiary/aromatic N) is 4. The van der Waals surface area contributed by atoms with Crippen LogP contribution in [0.3, 0.4) is 0 Å². The Hall–Kier alpha value is -2.48. The maximum absolute atomic E-state index is 13.0. The van der Waals surface area contributed by atoms with Crippen LogP contribution in [0.15, 0.2) is 29.4 Å². The van der Waals surface area contributed by atoms with Crippen molar-refractivity contribution in [2.75, 3.05) is 26.2 Å². The van der Waals surface area contributed by atoms with Gasteiger partial charge in [-0.1, -0.05) is 19.1 Å².